The van der Waals surface area contributed by atoms with Crippen LogP contribution in [0.25, 0.3) is 11.4 Å². The first-order chi connectivity index (χ1) is 15.6. The van der Waals surface area contributed by atoms with Crippen molar-refractivity contribution >= 4 is 23.4 Å². The minimum absolute atomic E-state index is 0.0643. The van der Waals surface area contributed by atoms with E-state index >= 15 is 0 Å². The van der Waals surface area contributed by atoms with Gasteiger partial charge in [0.1, 0.15) is 0 Å². The molecule has 2 amide bonds. The molecule has 0 unspecified atom stereocenters. The molecule has 0 bridgehead atoms. The molecule has 9 heteroatoms. The first kappa shape index (κ1) is 21.2. The summed E-state index contributed by atoms with van der Waals surface area (Å²) >= 11 is 6.05. The van der Waals surface area contributed by atoms with Crippen LogP contribution in [0.5, 0.6) is 0 Å². The standard InChI is InChI=1S/C23H19ClN6O2/c24-20-9-5-4-8-19(20)14-21(31)25-27-23(32)18-12-10-16(11-13-18)15-30-28-22(26-29-30)17-6-2-1-3-7-17/h1-13H,14-15H2,(H,25,31)(H,27,32). The van der Waals surface area contributed by atoms with Crippen LogP contribution < -0.4 is 10.9 Å². The maximum absolute atomic E-state index is 12.3. The second-order valence-electron chi connectivity index (χ2n) is 6.98. The van der Waals surface area contributed by atoms with Gasteiger partial charge in [0.15, 0.2) is 0 Å². The summed E-state index contributed by atoms with van der Waals surface area (Å²) in [5.74, 6) is -0.238. The van der Waals surface area contributed by atoms with E-state index in [0.717, 1.165) is 11.1 Å². The third kappa shape index (κ3) is 5.35. The molecule has 0 aliphatic carbocycles. The number of nitrogens with zero attached hydrogens (tertiary/aromatic N) is 4. The number of halogens is 1. The van der Waals surface area contributed by atoms with Crippen LogP contribution in [0.4, 0.5) is 0 Å². The minimum Gasteiger partial charge on any atom is -0.273 e. The summed E-state index contributed by atoms with van der Waals surface area (Å²) in [7, 11) is 0. The SMILES string of the molecule is O=C(Cc1ccccc1Cl)NNC(=O)c1ccc(Cn2nnc(-c3ccccc3)n2)cc1. The summed E-state index contributed by atoms with van der Waals surface area (Å²) in [6.07, 6.45) is 0.0643. The highest BCUT2D eigenvalue weighted by atomic mass is 35.5. The molecule has 0 aliphatic rings. The summed E-state index contributed by atoms with van der Waals surface area (Å²) in [4.78, 5) is 25.9. The first-order valence-corrected chi connectivity index (χ1v) is 10.2. The van der Waals surface area contributed by atoms with Gasteiger partial charge in [-0.05, 0) is 34.5 Å². The maximum atomic E-state index is 12.3. The fourth-order valence-corrected chi connectivity index (χ4v) is 3.20. The zero-order valence-electron chi connectivity index (χ0n) is 16.9. The van der Waals surface area contributed by atoms with E-state index in [1.165, 1.54) is 4.80 Å². The van der Waals surface area contributed by atoms with Gasteiger partial charge < -0.3 is 0 Å². The van der Waals surface area contributed by atoms with Crippen molar-refractivity contribution in [2.45, 2.75) is 13.0 Å². The summed E-state index contributed by atoms with van der Waals surface area (Å²) < 4.78 is 0. The van der Waals surface area contributed by atoms with Gasteiger partial charge in [0.25, 0.3) is 5.91 Å². The number of tetrazole rings is 1. The number of nitrogens with one attached hydrogen (secondary N) is 2. The second kappa shape index (κ2) is 9.84. The number of carbonyl (C=O) groups is 2. The second-order valence-corrected chi connectivity index (χ2v) is 7.38. The van der Waals surface area contributed by atoms with E-state index in [1.54, 1.807) is 48.5 Å². The fourth-order valence-electron chi connectivity index (χ4n) is 3.00. The van der Waals surface area contributed by atoms with E-state index in [2.05, 4.69) is 26.3 Å². The molecule has 4 aromatic rings. The third-order valence-corrected chi connectivity index (χ3v) is 5.02. The number of amides is 2. The van der Waals surface area contributed by atoms with Crippen molar-refractivity contribution in [3.8, 4) is 11.4 Å². The molecule has 4 rings (SSSR count). The van der Waals surface area contributed by atoms with Crippen LogP contribution >= 0.6 is 11.6 Å². The number of hydrogen-bond donors (Lipinski definition) is 2. The molecule has 2 N–H and O–H groups in total. The van der Waals surface area contributed by atoms with Gasteiger partial charge in [0.05, 0.1) is 13.0 Å². The van der Waals surface area contributed by atoms with Crippen molar-refractivity contribution in [2.75, 3.05) is 0 Å². The van der Waals surface area contributed by atoms with Gasteiger partial charge in [-0.15, -0.1) is 10.2 Å². The molecule has 160 valence electrons. The number of benzene rings is 3. The predicted octanol–water partition coefficient (Wildman–Crippen LogP) is 3.05. The molecular weight excluding hydrogens is 428 g/mol. The Kier molecular flexibility index (Phi) is 6.52. The van der Waals surface area contributed by atoms with Crippen molar-refractivity contribution in [1.29, 1.82) is 0 Å². The summed E-state index contributed by atoms with van der Waals surface area (Å²) in [5, 5.41) is 13.0. The third-order valence-electron chi connectivity index (χ3n) is 4.65. The fraction of sp³-hybridized carbons (Fsp3) is 0.0870. The Morgan fingerprint density at radius 2 is 1.59 bits per heavy atom. The molecule has 0 radical (unpaired) electrons. The average Bonchev–Trinajstić information content (AvgIpc) is 3.28. The number of hydrogen-bond acceptors (Lipinski definition) is 5. The van der Waals surface area contributed by atoms with Crippen LogP contribution in [-0.2, 0) is 17.8 Å². The molecule has 0 fully saturated rings. The normalized spacial score (nSPS) is 10.5. The van der Waals surface area contributed by atoms with Crippen LogP contribution in [0.2, 0.25) is 5.02 Å². The number of hydrazine groups is 1. The predicted molar refractivity (Wildman–Crippen MR) is 120 cm³/mol. The molecule has 8 nitrogen and oxygen atoms in total. The monoisotopic (exact) mass is 446 g/mol. The Balaban J connectivity index is 1.30. The van der Waals surface area contributed by atoms with Crippen LogP contribution in [0.3, 0.4) is 0 Å². The Labute approximate surface area is 189 Å². The molecule has 1 aromatic heterocycles. The van der Waals surface area contributed by atoms with Crippen LogP contribution in [0, 0.1) is 0 Å². The van der Waals surface area contributed by atoms with Crippen molar-refractivity contribution in [3.05, 3.63) is 101 Å². The zero-order chi connectivity index (χ0) is 22.3. The maximum Gasteiger partial charge on any atom is 0.269 e. The van der Waals surface area contributed by atoms with E-state index in [0.29, 0.717) is 28.5 Å². The summed E-state index contributed by atoms with van der Waals surface area (Å²) in [5.41, 5.74) is 7.69. The lowest BCUT2D eigenvalue weighted by Crippen LogP contribution is -2.42. The highest BCUT2D eigenvalue weighted by Crippen LogP contribution is 2.15. The smallest absolute Gasteiger partial charge is 0.269 e. The molecular formula is C23H19ClN6O2. The average molecular weight is 447 g/mol. The molecule has 3 aromatic carbocycles. The molecule has 0 aliphatic heterocycles. The number of aromatic nitrogens is 4. The molecule has 0 saturated heterocycles. The molecule has 0 spiro atoms. The lowest BCUT2D eigenvalue weighted by Gasteiger charge is -2.09. The van der Waals surface area contributed by atoms with E-state index < -0.39 is 5.91 Å². The van der Waals surface area contributed by atoms with E-state index in [1.807, 2.05) is 30.3 Å². The summed E-state index contributed by atoms with van der Waals surface area (Å²) in [6.45, 7) is 0.413. The highest BCUT2D eigenvalue weighted by molar-refractivity contribution is 6.31. The van der Waals surface area contributed by atoms with Gasteiger partial charge >= 0.3 is 0 Å². The lowest BCUT2D eigenvalue weighted by atomic mass is 10.1. The van der Waals surface area contributed by atoms with Crippen LogP contribution in [0.15, 0.2) is 78.9 Å². The van der Waals surface area contributed by atoms with Gasteiger partial charge in [0, 0.05) is 16.1 Å². The van der Waals surface area contributed by atoms with Crippen molar-refractivity contribution in [1.82, 2.24) is 31.1 Å². The Morgan fingerprint density at radius 1 is 0.875 bits per heavy atom. The Bertz CT molecular complexity index is 1220. The quantitative estimate of drug-likeness (QED) is 0.443. The Hall–Kier alpha value is -4.04. The first-order valence-electron chi connectivity index (χ1n) is 9.83. The zero-order valence-corrected chi connectivity index (χ0v) is 17.7. The lowest BCUT2D eigenvalue weighted by molar-refractivity contribution is -0.121. The summed E-state index contributed by atoms with van der Waals surface area (Å²) in [6, 6.07) is 23.6. The van der Waals surface area contributed by atoms with Gasteiger partial charge in [0.2, 0.25) is 11.7 Å². The van der Waals surface area contributed by atoms with E-state index in [4.69, 9.17) is 11.6 Å². The van der Waals surface area contributed by atoms with Gasteiger partial charge in [-0.1, -0.05) is 72.3 Å². The topological polar surface area (TPSA) is 102 Å². The van der Waals surface area contributed by atoms with Crippen molar-refractivity contribution in [2.24, 2.45) is 0 Å². The van der Waals surface area contributed by atoms with Gasteiger partial charge in [-0.25, -0.2) is 0 Å². The number of rotatable bonds is 6. The van der Waals surface area contributed by atoms with Crippen molar-refractivity contribution < 1.29 is 9.59 Å². The van der Waals surface area contributed by atoms with Crippen molar-refractivity contribution in [3.63, 3.8) is 0 Å². The molecule has 0 atom stereocenters. The van der Waals surface area contributed by atoms with Crippen LogP contribution in [0.1, 0.15) is 21.5 Å². The molecule has 1 heterocycles. The van der Waals surface area contributed by atoms with E-state index in [-0.39, 0.29) is 12.3 Å². The minimum atomic E-state index is -0.422. The molecule has 0 saturated carbocycles. The van der Waals surface area contributed by atoms with Gasteiger partial charge in [-0.3, -0.25) is 20.4 Å². The highest BCUT2D eigenvalue weighted by Gasteiger charge is 2.10. The van der Waals surface area contributed by atoms with Crippen LogP contribution in [-0.4, -0.2) is 32.0 Å². The largest absolute Gasteiger partial charge is 0.273 e. The van der Waals surface area contributed by atoms with Gasteiger partial charge in [-0.2, -0.15) is 4.80 Å². The number of carbonyl (C=O) groups excluding carboxylic acids is 2. The van der Waals surface area contributed by atoms with E-state index in [9.17, 15) is 9.59 Å². The molecule has 32 heavy (non-hydrogen) atoms. The Morgan fingerprint density at radius 3 is 2.34 bits per heavy atom.